The molecule has 1 rings (SSSR count). The van der Waals surface area contributed by atoms with Crippen molar-refractivity contribution < 1.29 is 22.9 Å². The highest BCUT2D eigenvalue weighted by Gasteiger charge is 2.15. The summed E-state index contributed by atoms with van der Waals surface area (Å²) in [5, 5.41) is 8.56. The van der Waals surface area contributed by atoms with Crippen LogP contribution in [-0.4, -0.2) is 30.5 Å². The Morgan fingerprint density at radius 1 is 1.38 bits per heavy atom. The van der Waals surface area contributed by atoms with E-state index >= 15 is 0 Å². The first kappa shape index (κ1) is 12.6. The Bertz CT molecular complexity index is 509. The van der Waals surface area contributed by atoms with Gasteiger partial charge in [-0.05, 0) is 18.2 Å². The predicted octanol–water partition coefficient (Wildman–Crippen LogP) is 0.0806. The lowest BCUT2D eigenvalue weighted by Gasteiger charge is -2.04. The molecule has 0 aliphatic carbocycles. The lowest BCUT2D eigenvalue weighted by atomic mass is 10.1. The van der Waals surface area contributed by atoms with Crippen molar-refractivity contribution in [3.63, 3.8) is 0 Å². The standard InChI is InChI=1S/C9H11NO5S/c10-7-5-6(8(12)3-4-11)1-2-9(7)16(13,14)15/h1-2,5,11H,3-4,10H2,(H,13,14,15). The fourth-order valence-corrected chi connectivity index (χ4v) is 1.80. The summed E-state index contributed by atoms with van der Waals surface area (Å²) in [5.74, 6) is -0.351. The summed E-state index contributed by atoms with van der Waals surface area (Å²) in [6, 6.07) is 3.44. The van der Waals surface area contributed by atoms with Crippen LogP contribution in [0.4, 0.5) is 5.69 Å². The van der Waals surface area contributed by atoms with Gasteiger partial charge in [-0.15, -0.1) is 0 Å². The van der Waals surface area contributed by atoms with E-state index in [9.17, 15) is 13.2 Å². The van der Waals surface area contributed by atoms with Crippen molar-refractivity contribution in [3.05, 3.63) is 23.8 Å². The van der Waals surface area contributed by atoms with Gasteiger partial charge in [0, 0.05) is 12.0 Å². The van der Waals surface area contributed by atoms with Gasteiger partial charge in [0.2, 0.25) is 0 Å². The minimum atomic E-state index is -4.37. The van der Waals surface area contributed by atoms with E-state index in [0.29, 0.717) is 0 Å². The highest BCUT2D eigenvalue weighted by Crippen LogP contribution is 2.20. The molecule has 0 unspecified atom stereocenters. The molecule has 0 heterocycles. The van der Waals surface area contributed by atoms with Crippen LogP contribution in [0.3, 0.4) is 0 Å². The zero-order chi connectivity index (χ0) is 12.3. The van der Waals surface area contributed by atoms with E-state index in [0.717, 1.165) is 12.1 Å². The van der Waals surface area contributed by atoms with Crippen molar-refractivity contribution in [2.75, 3.05) is 12.3 Å². The number of rotatable bonds is 4. The number of anilines is 1. The van der Waals surface area contributed by atoms with Crippen molar-refractivity contribution >= 4 is 21.6 Å². The molecular formula is C9H11NO5S. The van der Waals surface area contributed by atoms with Crippen LogP contribution in [0.2, 0.25) is 0 Å². The molecule has 0 spiro atoms. The molecule has 0 atom stereocenters. The number of aliphatic hydroxyl groups is 1. The summed E-state index contributed by atoms with van der Waals surface area (Å²) in [4.78, 5) is 10.9. The normalized spacial score (nSPS) is 11.4. The Morgan fingerprint density at radius 2 is 2.00 bits per heavy atom. The number of ketones is 1. The quantitative estimate of drug-likeness (QED) is 0.393. The van der Waals surface area contributed by atoms with Gasteiger partial charge in [0.15, 0.2) is 5.78 Å². The minimum absolute atomic E-state index is 0.0648. The second kappa shape index (κ2) is 4.60. The summed E-state index contributed by atoms with van der Waals surface area (Å²) >= 11 is 0. The monoisotopic (exact) mass is 245 g/mol. The van der Waals surface area contributed by atoms with Crippen LogP contribution in [0.15, 0.2) is 23.1 Å². The largest absolute Gasteiger partial charge is 0.398 e. The molecule has 1 aromatic carbocycles. The maximum atomic E-state index is 11.3. The molecule has 0 saturated carbocycles. The Morgan fingerprint density at radius 3 is 2.44 bits per heavy atom. The van der Waals surface area contributed by atoms with E-state index < -0.39 is 15.0 Å². The van der Waals surface area contributed by atoms with Crippen LogP contribution in [0.1, 0.15) is 16.8 Å². The van der Waals surface area contributed by atoms with Crippen LogP contribution in [0.5, 0.6) is 0 Å². The Kier molecular flexibility index (Phi) is 3.63. The molecule has 0 aliphatic rings. The molecule has 4 N–H and O–H groups in total. The predicted molar refractivity (Wildman–Crippen MR) is 56.7 cm³/mol. The van der Waals surface area contributed by atoms with Gasteiger partial charge in [0.1, 0.15) is 4.90 Å². The van der Waals surface area contributed by atoms with E-state index in [1.165, 1.54) is 6.07 Å². The van der Waals surface area contributed by atoms with Crippen LogP contribution < -0.4 is 5.73 Å². The smallest absolute Gasteiger partial charge is 0.296 e. The van der Waals surface area contributed by atoms with E-state index in [2.05, 4.69) is 0 Å². The van der Waals surface area contributed by atoms with E-state index in [-0.39, 0.29) is 30.1 Å². The first-order valence-corrected chi connectivity index (χ1v) is 5.81. The number of nitrogens with two attached hydrogens (primary N) is 1. The van der Waals surface area contributed by atoms with Gasteiger partial charge in [-0.1, -0.05) is 0 Å². The van der Waals surface area contributed by atoms with Crippen molar-refractivity contribution in [1.82, 2.24) is 0 Å². The van der Waals surface area contributed by atoms with Crippen molar-refractivity contribution in [1.29, 1.82) is 0 Å². The topological polar surface area (TPSA) is 118 Å². The summed E-state index contributed by atoms with van der Waals surface area (Å²) in [5.41, 5.74) is 5.38. The van der Waals surface area contributed by atoms with Gasteiger partial charge in [-0.25, -0.2) is 0 Å². The molecular weight excluding hydrogens is 234 g/mol. The Hall–Kier alpha value is -1.44. The fraction of sp³-hybridized carbons (Fsp3) is 0.222. The zero-order valence-electron chi connectivity index (χ0n) is 8.25. The molecule has 0 aliphatic heterocycles. The number of hydrogen-bond donors (Lipinski definition) is 3. The number of hydrogen-bond acceptors (Lipinski definition) is 5. The van der Waals surface area contributed by atoms with Gasteiger partial charge in [-0.3, -0.25) is 9.35 Å². The number of benzene rings is 1. The van der Waals surface area contributed by atoms with Crippen LogP contribution in [0.25, 0.3) is 0 Å². The zero-order valence-corrected chi connectivity index (χ0v) is 9.07. The summed E-state index contributed by atoms with van der Waals surface area (Å²) in [6.07, 6.45) is -0.0648. The summed E-state index contributed by atoms with van der Waals surface area (Å²) in [7, 11) is -4.37. The van der Waals surface area contributed by atoms with E-state index in [1.807, 2.05) is 0 Å². The third kappa shape index (κ3) is 2.78. The van der Waals surface area contributed by atoms with Gasteiger partial charge >= 0.3 is 0 Å². The molecule has 6 nitrogen and oxygen atoms in total. The third-order valence-corrected chi connectivity index (χ3v) is 2.88. The minimum Gasteiger partial charge on any atom is -0.398 e. The number of Topliss-reactive ketones (excluding diaryl/α,β-unsaturated/α-hetero) is 1. The lowest BCUT2D eigenvalue weighted by Crippen LogP contribution is -2.07. The van der Waals surface area contributed by atoms with Crippen LogP contribution in [0, 0.1) is 0 Å². The van der Waals surface area contributed by atoms with Crippen molar-refractivity contribution in [3.8, 4) is 0 Å². The Labute approximate surface area is 92.5 Å². The maximum absolute atomic E-state index is 11.3. The van der Waals surface area contributed by atoms with E-state index in [4.69, 9.17) is 15.4 Å². The lowest BCUT2D eigenvalue weighted by molar-refractivity contribution is 0.0956. The maximum Gasteiger partial charge on any atom is 0.296 e. The van der Waals surface area contributed by atoms with Gasteiger partial charge in [0.05, 0.1) is 12.3 Å². The third-order valence-electron chi connectivity index (χ3n) is 1.95. The number of nitrogen functional groups attached to an aromatic ring is 1. The summed E-state index contributed by atoms with van der Waals surface area (Å²) < 4.78 is 30.4. The molecule has 0 amide bonds. The fourth-order valence-electron chi connectivity index (χ4n) is 1.20. The molecule has 16 heavy (non-hydrogen) atoms. The van der Waals surface area contributed by atoms with Crippen LogP contribution in [-0.2, 0) is 10.1 Å². The van der Waals surface area contributed by atoms with Crippen molar-refractivity contribution in [2.45, 2.75) is 11.3 Å². The second-order valence-corrected chi connectivity index (χ2v) is 4.51. The first-order valence-electron chi connectivity index (χ1n) is 4.37. The van der Waals surface area contributed by atoms with Gasteiger partial charge in [0.25, 0.3) is 10.1 Å². The highest BCUT2D eigenvalue weighted by atomic mass is 32.2. The number of aliphatic hydroxyl groups excluding tert-OH is 1. The van der Waals surface area contributed by atoms with Crippen molar-refractivity contribution in [2.24, 2.45) is 0 Å². The molecule has 0 radical (unpaired) electrons. The SMILES string of the molecule is Nc1cc(C(=O)CCO)ccc1S(=O)(=O)O. The molecule has 7 heteroatoms. The van der Waals surface area contributed by atoms with Gasteiger partial charge in [-0.2, -0.15) is 8.42 Å². The average Bonchev–Trinajstić information content (AvgIpc) is 2.16. The molecule has 0 bridgehead atoms. The Balaban J connectivity index is 3.14. The first-order chi connectivity index (χ1) is 7.36. The highest BCUT2D eigenvalue weighted by molar-refractivity contribution is 7.86. The summed E-state index contributed by atoms with van der Waals surface area (Å²) in [6.45, 7) is -0.293. The second-order valence-electron chi connectivity index (χ2n) is 3.12. The van der Waals surface area contributed by atoms with Crippen LogP contribution >= 0.6 is 0 Å². The molecule has 0 fully saturated rings. The molecule has 0 saturated heterocycles. The molecule has 1 aromatic rings. The molecule has 88 valence electrons. The number of carbonyl (C=O) groups excluding carboxylic acids is 1. The average molecular weight is 245 g/mol. The van der Waals surface area contributed by atoms with Gasteiger partial charge < -0.3 is 10.8 Å². The number of carbonyl (C=O) groups is 1. The van der Waals surface area contributed by atoms with E-state index in [1.54, 1.807) is 0 Å². The molecule has 0 aromatic heterocycles.